The number of hydrogen-bond donors (Lipinski definition) is 2. The van der Waals surface area contributed by atoms with Crippen molar-refractivity contribution in [2.45, 2.75) is 25.8 Å². The van der Waals surface area contributed by atoms with Gasteiger partial charge in [0, 0.05) is 4.88 Å². The molecule has 2 heterocycles. The van der Waals surface area contributed by atoms with Crippen molar-refractivity contribution in [1.82, 2.24) is 9.55 Å². The van der Waals surface area contributed by atoms with Crippen LogP contribution in [0.3, 0.4) is 0 Å². The minimum atomic E-state index is -1.20. The third kappa shape index (κ3) is 1.51. The van der Waals surface area contributed by atoms with E-state index in [0.29, 0.717) is 10.2 Å². The molecule has 0 bridgehead atoms. The van der Waals surface area contributed by atoms with E-state index >= 15 is 0 Å². The summed E-state index contributed by atoms with van der Waals surface area (Å²) in [5.41, 5.74) is -0.166. The lowest BCUT2D eigenvalue weighted by atomic mass is 10.2. The molecule has 0 aliphatic heterocycles. The predicted molar refractivity (Wildman–Crippen MR) is 66.4 cm³/mol. The van der Waals surface area contributed by atoms with Gasteiger partial charge in [0.1, 0.15) is 11.4 Å². The zero-order chi connectivity index (χ0) is 12.9. The minimum absolute atomic E-state index is 0.490. The van der Waals surface area contributed by atoms with E-state index < -0.39 is 23.8 Å². The average molecular weight is 266 g/mol. The van der Waals surface area contributed by atoms with Crippen LogP contribution >= 0.6 is 11.3 Å². The van der Waals surface area contributed by atoms with E-state index in [0.717, 1.165) is 34.3 Å². The first-order valence-corrected chi connectivity index (χ1v) is 6.38. The Morgan fingerprint density at radius 1 is 1.39 bits per heavy atom. The van der Waals surface area contributed by atoms with Crippen LogP contribution in [0.15, 0.2) is 9.59 Å². The van der Waals surface area contributed by atoms with Gasteiger partial charge in [-0.15, -0.1) is 11.3 Å². The third-order valence-corrected chi connectivity index (χ3v) is 4.35. The molecule has 94 valence electrons. The van der Waals surface area contributed by atoms with Crippen LogP contribution in [0.5, 0.6) is 0 Å². The maximum atomic E-state index is 12.2. The van der Waals surface area contributed by atoms with Crippen molar-refractivity contribution in [2.24, 2.45) is 0 Å². The SMILES string of the molecule is O=C(O)Cn1c(=O)[nH]c2sc3c(c2c1=O)CCC3. The van der Waals surface area contributed by atoms with Crippen LogP contribution in [-0.4, -0.2) is 20.6 Å². The van der Waals surface area contributed by atoms with Crippen molar-refractivity contribution < 1.29 is 9.90 Å². The first kappa shape index (κ1) is 11.2. The van der Waals surface area contributed by atoms with Crippen LogP contribution < -0.4 is 11.2 Å². The van der Waals surface area contributed by atoms with Crippen molar-refractivity contribution in [3.8, 4) is 0 Å². The molecule has 0 saturated heterocycles. The van der Waals surface area contributed by atoms with Gasteiger partial charge in [-0.2, -0.15) is 0 Å². The summed E-state index contributed by atoms with van der Waals surface area (Å²) in [5.74, 6) is -1.20. The molecule has 3 rings (SSSR count). The molecule has 0 saturated carbocycles. The summed E-state index contributed by atoms with van der Waals surface area (Å²) in [4.78, 5) is 38.8. The Kier molecular flexibility index (Phi) is 2.37. The molecule has 0 atom stereocenters. The van der Waals surface area contributed by atoms with Crippen molar-refractivity contribution in [3.63, 3.8) is 0 Å². The fourth-order valence-corrected chi connectivity index (χ4v) is 3.66. The number of carboxylic acid groups (broad SMARTS) is 1. The van der Waals surface area contributed by atoms with Gasteiger partial charge in [-0.3, -0.25) is 14.6 Å². The fraction of sp³-hybridized carbons (Fsp3) is 0.364. The molecule has 0 aromatic carbocycles. The second kappa shape index (κ2) is 3.81. The summed E-state index contributed by atoms with van der Waals surface area (Å²) in [6.07, 6.45) is 2.76. The van der Waals surface area contributed by atoms with Crippen molar-refractivity contribution >= 4 is 27.5 Å². The highest BCUT2D eigenvalue weighted by Gasteiger charge is 2.22. The molecule has 18 heavy (non-hydrogen) atoms. The Morgan fingerprint density at radius 2 is 2.17 bits per heavy atom. The van der Waals surface area contributed by atoms with Crippen molar-refractivity contribution in [2.75, 3.05) is 0 Å². The van der Waals surface area contributed by atoms with Gasteiger partial charge in [-0.05, 0) is 24.8 Å². The van der Waals surface area contributed by atoms with Gasteiger partial charge in [0.05, 0.1) is 5.39 Å². The molecule has 1 aliphatic rings. The van der Waals surface area contributed by atoms with Gasteiger partial charge in [-0.25, -0.2) is 9.36 Å². The van der Waals surface area contributed by atoms with Gasteiger partial charge >= 0.3 is 11.7 Å². The van der Waals surface area contributed by atoms with Crippen molar-refractivity contribution in [3.05, 3.63) is 31.3 Å². The van der Waals surface area contributed by atoms with E-state index in [1.165, 1.54) is 11.3 Å². The fourth-order valence-electron chi connectivity index (χ4n) is 2.39. The first-order valence-electron chi connectivity index (χ1n) is 5.57. The van der Waals surface area contributed by atoms with Gasteiger partial charge in [-0.1, -0.05) is 0 Å². The zero-order valence-corrected chi connectivity index (χ0v) is 10.2. The van der Waals surface area contributed by atoms with Crippen LogP contribution in [0.4, 0.5) is 0 Å². The Bertz CT molecular complexity index is 768. The average Bonchev–Trinajstić information content (AvgIpc) is 2.83. The number of carboxylic acids is 1. The molecule has 2 aromatic rings. The Hall–Kier alpha value is -1.89. The first-order chi connectivity index (χ1) is 8.58. The summed E-state index contributed by atoms with van der Waals surface area (Å²) in [5, 5.41) is 9.22. The number of aromatic amines is 1. The molecule has 2 aromatic heterocycles. The number of rotatable bonds is 2. The van der Waals surface area contributed by atoms with Gasteiger partial charge in [0.15, 0.2) is 0 Å². The van der Waals surface area contributed by atoms with Crippen LogP contribution in [-0.2, 0) is 24.2 Å². The number of fused-ring (bicyclic) bond motifs is 3. The second-order valence-corrected chi connectivity index (χ2v) is 5.38. The van der Waals surface area contributed by atoms with Gasteiger partial charge in [0.25, 0.3) is 5.56 Å². The van der Waals surface area contributed by atoms with Gasteiger partial charge in [0.2, 0.25) is 0 Å². The van der Waals surface area contributed by atoms with E-state index in [1.54, 1.807) is 0 Å². The maximum Gasteiger partial charge on any atom is 0.329 e. The summed E-state index contributed by atoms with van der Waals surface area (Å²) in [6.45, 7) is -0.602. The van der Waals surface area contributed by atoms with E-state index in [2.05, 4.69) is 4.98 Å². The number of nitrogens with one attached hydrogen (secondary N) is 1. The second-order valence-electron chi connectivity index (χ2n) is 4.28. The number of aromatic nitrogens is 2. The van der Waals surface area contributed by atoms with Crippen LogP contribution in [0.1, 0.15) is 16.9 Å². The normalized spacial score (nSPS) is 14.0. The van der Waals surface area contributed by atoms with E-state index in [1.807, 2.05) is 0 Å². The number of aryl methyl sites for hydroxylation is 2. The molecule has 6 nitrogen and oxygen atoms in total. The molecule has 0 amide bonds. The summed E-state index contributed by atoms with van der Waals surface area (Å²) in [6, 6.07) is 0. The highest BCUT2D eigenvalue weighted by atomic mass is 32.1. The molecule has 0 fully saturated rings. The number of hydrogen-bond acceptors (Lipinski definition) is 4. The molecule has 0 unspecified atom stereocenters. The van der Waals surface area contributed by atoms with Crippen molar-refractivity contribution in [1.29, 1.82) is 0 Å². The van der Waals surface area contributed by atoms with E-state index in [4.69, 9.17) is 5.11 Å². The quantitative estimate of drug-likeness (QED) is 0.819. The molecule has 0 radical (unpaired) electrons. The van der Waals surface area contributed by atoms with Gasteiger partial charge < -0.3 is 5.11 Å². The molecule has 2 N–H and O–H groups in total. The molecule has 7 heteroatoms. The summed E-state index contributed by atoms with van der Waals surface area (Å²) < 4.78 is 0.746. The predicted octanol–water partition coefficient (Wildman–Crippen LogP) is 0.325. The Labute approximate surface area is 105 Å². The Morgan fingerprint density at radius 3 is 2.89 bits per heavy atom. The molecule has 1 aliphatic carbocycles. The summed E-state index contributed by atoms with van der Waals surface area (Å²) >= 11 is 1.43. The Balaban J connectivity index is 2.36. The largest absolute Gasteiger partial charge is 0.480 e. The molecular formula is C11H10N2O4S. The lowest BCUT2D eigenvalue weighted by Crippen LogP contribution is -2.37. The lowest BCUT2D eigenvalue weighted by Gasteiger charge is -2.01. The number of carbonyl (C=O) groups is 1. The molecule has 0 spiro atoms. The minimum Gasteiger partial charge on any atom is -0.480 e. The third-order valence-electron chi connectivity index (χ3n) is 3.14. The van der Waals surface area contributed by atoms with Crippen LogP contribution in [0.2, 0.25) is 0 Å². The smallest absolute Gasteiger partial charge is 0.329 e. The standard InChI is InChI=1S/C11H10N2O4S/c14-7(15)4-13-10(16)8-5-2-1-3-6(5)18-9(8)12-11(13)17/h1-4H2,(H,12,17)(H,14,15). The highest BCUT2D eigenvalue weighted by Crippen LogP contribution is 2.33. The topological polar surface area (TPSA) is 92.2 Å². The van der Waals surface area contributed by atoms with E-state index in [-0.39, 0.29) is 0 Å². The monoisotopic (exact) mass is 266 g/mol. The number of nitrogens with zero attached hydrogens (tertiary/aromatic N) is 1. The zero-order valence-electron chi connectivity index (χ0n) is 9.36. The maximum absolute atomic E-state index is 12.2. The highest BCUT2D eigenvalue weighted by molar-refractivity contribution is 7.18. The van der Waals surface area contributed by atoms with E-state index in [9.17, 15) is 14.4 Å². The number of H-pyrrole nitrogens is 1. The summed E-state index contributed by atoms with van der Waals surface area (Å²) in [7, 11) is 0. The lowest BCUT2D eigenvalue weighted by molar-refractivity contribution is -0.137. The van der Waals surface area contributed by atoms with Crippen LogP contribution in [0.25, 0.3) is 10.2 Å². The number of thiophene rings is 1. The number of aliphatic carboxylic acids is 1. The molecular weight excluding hydrogens is 256 g/mol. The van der Waals surface area contributed by atoms with Crippen LogP contribution in [0, 0.1) is 0 Å².